The van der Waals surface area contributed by atoms with Crippen LogP contribution in [0.4, 0.5) is 14.5 Å². The molecule has 0 aromatic heterocycles. The van der Waals surface area contributed by atoms with Gasteiger partial charge in [0.15, 0.2) is 5.78 Å². The molecular weight excluding hydrogens is 303 g/mol. The Bertz CT molecular complexity index is 379. The van der Waals surface area contributed by atoms with Gasteiger partial charge in [-0.05, 0) is 41.6 Å². The van der Waals surface area contributed by atoms with Crippen molar-refractivity contribution in [1.29, 1.82) is 0 Å². The number of nitrogens with two attached hydrogens (primary N) is 1. The van der Waals surface area contributed by atoms with E-state index < -0.39 is 6.43 Å². The second-order valence-corrected chi connectivity index (χ2v) is 3.99. The van der Waals surface area contributed by atoms with Gasteiger partial charge in [0.05, 0.1) is 0 Å². The Balaban J connectivity index is 3.44. The summed E-state index contributed by atoms with van der Waals surface area (Å²) in [5, 5.41) is 0. The Morgan fingerprint density at radius 2 is 2.07 bits per heavy atom. The Morgan fingerprint density at radius 1 is 1.50 bits per heavy atom. The maximum absolute atomic E-state index is 12.5. The number of carbonyl (C=O) groups excluding carboxylic acids is 1. The zero-order chi connectivity index (χ0) is 10.9. The minimum absolute atomic E-state index is 0.0646. The van der Waals surface area contributed by atoms with Gasteiger partial charge in [-0.2, -0.15) is 0 Å². The number of benzene rings is 1. The van der Waals surface area contributed by atoms with Crippen molar-refractivity contribution in [2.24, 2.45) is 0 Å². The number of ketones is 1. The van der Waals surface area contributed by atoms with Crippen molar-refractivity contribution in [2.75, 3.05) is 5.73 Å². The average molecular weight is 311 g/mol. The van der Waals surface area contributed by atoms with Crippen LogP contribution in [0.5, 0.6) is 0 Å². The standard InChI is InChI=1S/C9H8F2INO/c1-4(14)8-6(9(10)11)2-5(13)3-7(8)12/h2-3,9H,13H2,1H3. The van der Waals surface area contributed by atoms with E-state index >= 15 is 0 Å². The molecule has 0 amide bonds. The van der Waals surface area contributed by atoms with Gasteiger partial charge < -0.3 is 5.73 Å². The van der Waals surface area contributed by atoms with Gasteiger partial charge in [-0.15, -0.1) is 0 Å². The average Bonchev–Trinajstić information content (AvgIpc) is 2.01. The maximum atomic E-state index is 12.5. The fourth-order valence-corrected chi connectivity index (χ4v) is 2.24. The van der Waals surface area contributed by atoms with E-state index in [4.69, 9.17) is 5.73 Å². The van der Waals surface area contributed by atoms with Crippen LogP contribution in [0, 0.1) is 3.57 Å². The highest BCUT2D eigenvalue weighted by molar-refractivity contribution is 14.1. The molecule has 5 heteroatoms. The Kier molecular flexibility index (Phi) is 3.41. The molecule has 0 aliphatic carbocycles. The van der Waals surface area contributed by atoms with Crippen LogP contribution in [0.15, 0.2) is 12.1 Å². The molecule has 76 valence electrons. The number of hydrogen-bond acceptors (Lipinski definition) is 2. The first-order chi connectivity index (χ1) is 6.43. The molecule has 0 saturated heterocycles. The van der Waals surface area contributed by atoms with Crippen LogP contribution in [0.25, 0.3) is 0 Å². The molecule has 0 fully saturated rings. The number of halogens is 3. The Morgan fingerprint density at radius 3 is 2.50 bits per heavy atom. The molecular formula is C9H8F2INO. The number of nitrogen functional groups attached to an aromatic ring is 1. The molecule has 1 aromatic carbocycles. The first-order valence-electron chi connectivity index (χ1n) is 3.81. The molecule has 1 rings (SSSR count). The molecule has 0 unspecified atom stereocenters. The number of rotatable bonds is 2. The number of Topliss-reactive ketones (excluding diaryl/α,β-unsaturated/α-hetero) is 1. The van der Waals surface area contributed by atoms with Crippen molar-refractivity contribution in [1.82, 2.24) is 0 Å². The van der Waals surface area contributed by atoms with Gasteiger partial charge in [0, 0.05) is 20.4 Å². The minimum atomic E-state index is -2.68. The van der Waals surface area contributed by atoms with E-state index in [1.165, 1.54) is 13.0 Å². The highest BCUT2D eigenvalue weighted by atomic mass is 127. The molecule has 0 radical (unpaired) electrons. The fraction of sp³-hybridized carbons (Fsp3) is 0.222. The van der Waals surface area contributed by atoms with Crippen molar-refractivity contribution < 1.29 is 13.6 Å². The molecule has 0 atom stereocenters. The van der Waals surface area contributed by atoms with Crippen molar-refractivity contribution in [3.63, 3.8) is 0 Å². The van der Waals surface area contributed by atoms with Crippen molar-refractivity contribution >= 4 is 34.1 Å². The number of hydrogen-bond donors (Lipinski definition) is 1. The summed E-state index contributed by atoms with van der Waals surface area (Å²) >= 11 is 1.83. The van der Waals surface area contributed by atoms with E-state index in [0.717, 1.165) is 6.07 Å². The Labute approximate surface area is 93.6 Å². The summed E-state index contributed by atoms with van der Waals surface area (Å²) in [5.41, 5.74) is 5.44. The molecule has 2 N–H and O–H groups in total. The molecule has 0 aliphatic heterocycles. The zero-order valence-electron chi connectivity index (χ0n) is 7.35. The third-order valence-corrected chi connectivity index (χ3v) is 2.58. The van der Waals surface area contributed by atoms with E-state index in [1.807, 2.05) is 22.6 Å². The van der Waals surface area contributed by atoms with E-state index in [9.17, 15) is 13.6 Å². The molecule has 0 heterocycles. The third kappa shape index (κ3) is 2.20. The highest BCUT2D eigenvalue weighted by Crippen LogP contribution is 2.29. The lowest BCUT2D eigenvalue weighted by atomic mass is 10.0. The van der Waals surface area contributed by atoms with Gasteiger partial charge in [-0.3, -0.25) is 4.79 Å². The lowest BCUT2D eigenvalue weighted by molar-refractivity contribution is 0.0998. The van der Waals surface area contributed by atoms with Crippen molar-refractivity contribution in [3.8, 4) is 0 Å². The second-order valence-electron chi connectivity index (χ2n) is 2.82. The predicted molar refractivity (Wildman–Crippen MR) is 58.5 cm³/mol. The quantitative estimate of drug-likeness (QED) is 0.518. The number of carbonyl (C=O) groups is 1. The van der Waals surface area contributed by atoms with Crippen molar-refractivity contribution in [2.45, 2.75) is 13.3 Å². The third-order valence-electron chi connectivity index (χ3n) is 1.73. The second kappa shape index (κ2) is 4.20. The molecule has 0 saturated carbocycles. The SMILES string of the molecule is CC(=O)c1c(I)cc(N)cc1C(F)F. The van der Waals surface area contributed by atoms with E-state index in [2.05, 4.69) is 0 Å². The molecule has 0 spiro atoms. The summed E-state index contributed by atoms with van der Waals surface area (Å²) in [5.74, 6) is -0.371. The van der Waals surface area contributed by atoms with E-state index in [-0.39, 0.29) is 22.6 Å². The van der Waals surface area contributed by atoms with Crippen LogP contribution in [-0.4, -0.2) is 5.78 Å². The minimum Gasteiger partial charge on any atom is -0.399 e. The summed E-state index contributed by atoms with van der Waals surface area (Å²) in [6.07, 6.45) is -2.68. The number of alkyl halides is 2. The van der Waals surface area contributed by atoms with Crippen LogP contribution in [0.3, 0.4) is 0 Å². The van der Waals surface area contributed by atoms with Gasteiger partial charge in [0.2, 0.25) is 0 Å². The fourth-order valence-electron chi connectivity index (χ4n) is 1.19. The summed E-state index contributed by atoms with van der Waals surface area (Å²) in [6, 6.07) is 2.65. The van der Waals surface area contributed by atoms with Gasteiger partial charge in [-0.1, -0.05) is 0 Å². The summed E-state index contributed by atoms with van der Waals surface area (Å²) in [4.78, 5) is 11.1. The predicted octanol–water partition coefficient (Wildman–Crippen LogP) is 3.01. The topological polar surface area (TPSA) is 43.1 Å². The van der Waals surface area contributed by atoms with Crippen LogP contribution >= 0.6 is 22.6 Å². The van der Waals surface area contributed by atoms with Gasteiger partial charge in [-0.25, -0.2) is 8.78 Å². The first kappa shape index (κ1) is 11.4. The monoisotopic (exact) mass is 311 g/mol. The molecule has 2 nitrogen and oxygen atoms in total. The smallest absolute Gasteiger partial charge is 0.264 e. The van der Waals surface area contributed by atoms with Crippen LogP contribution < -0.4 is 5.73 Å². The normalized spacial score (nSPS) is 10.6. The van der Waals surface area contributed by atoms with Crippen LogP contribution in [0.2, 0.25) is 0 Å². The van der Waals surface area contributed by atoms with Crippen LogP contribution in [0.1, 0.15) is 29.3 Å². The maximum Gasteiger partial charge on any atom is 0.264 e. The molecule has 14 heavy (non-hydrogen) atoms. The van der Waals surface area contributed by atoms with Gasteiger partial charge >= 0.3 is 0 Å². The van der Waals surface area contributed by atoms with Gasteiger partial charge in [0.1, 0.15) is 0 Å². The molecule has 0 aliphatic rings. The lowest BCUT2D eigenvalue weighted by Gasteiger charge is -2.09. The lowest BCUT2D eigenvalue weighted by Crippen LogP contribution is -2.05. The van der Waals surface area contributed by atoms with Gasteiger partial charge in [0.25, 0.3) is 6.43 Å². The highest BCUT2D eigenvalue weighted by Gasteiger charge is 2.19. The van der Waals surface area contributed by atoms with Crippen molar-refractivity contribution in [3.05, 3.63) is 26.8 Å². The first-order valence-corrected chi connectivity index (χ1v) is 4.89. The molecule has 1 aromatic rings. The summed E-state index contributed by atoms with van der Waals surface area (Å²) in [6.45, 7) is 1.26. The molecule has 0 bridgehead atoms. The van der Waals surface area contributed by atoms with E-state index in [0.29, 0.717) is 3.57 Å². The summed E-state index contributed by atoms with van der Waals surface area (Å²) in [7, 11) is 0. The zero-order valence-corrected chi connectivity index (χ0v) is 9.51. The van der Waals surface area contributed by atoms with E-state index in [1.54, 1.807) is 0 Å². The largest absolute Gasteiger partial charge is 0.399 e. The van der Waals surface area contributed by atoms with Crippen LogP contribution in [-0.2, 0) is 0 Å². The Hall–Kier alpha value is -0.720. The summed E-state index contributed by atoms with van der Waals surface area (Å²) < 4.78 is 25.5. The number of anilines is 1.